The van der Waals surface area contributed by atoms with Gasteiger partial charge < -0.3 is 10.1 Å². The van der Waals surface area contributed by atoms with Gasteiger partial charge in [-0.1, -0.05) is 65.8 Å². The second kappa shape index (κ2) is 13.9. The molecule has 50 heavy (non-hydrogen) atoms. The summed E-state index contributed by atoms with van der Waals surface area (Å²) in [4.78, 5) is 28.6. The Bertz CT molecular complexity index is 2030. The predicted octanol–water partition coefficient (Wildman–Crippen LogP) is 7.99. The number of amides is 3. The number of alkyl halides is 3. The van der Waals surface area contributed by atoms with Crippen LogP contribution in [0.25, 0.3) is 16.7 Å². The summed E-state index contributed by atoms with van der Waals surface area (Å²) >= 11 is 0. The molecule has 5 aromatic rings. The number of fused-ring (bicyclic) bond motifs is 3. The number of carbonyl (C=O) groups excluding carboxylic acids is 2. The Balaban J connectivity index is 1.15. The van der Waals surface area contributed by atoms with Crippen molar-refractivity contribution in [3.8, 4) is 16.9 Å². The van der Waals surface area contributed by atoms with E-state index in [9.17, 15) is 22.8 Å². The fourth-order valence-corrected chi connectivity index (χ4v) is 6.48. The van der Waals surface area contributed by atoms with Gasteiger partial charge in [0, 0.05) is 11.3 Å². The van der Waals surface area contributed by atoms with Crippen molar-refractivity contribution >= 4 is 29.1 Å². The van der Waals surface area contributed by atoms with Crippen LogP contribution in [-0.2, 0) is 13.0 Å². The molecule has 0 radical (unpaired) electrons. The molecule has 0 spiro atoms. The molecule has 10 nitrogen and oxygen atoms in total. The molecular weight excluding hydrogens is 647 g/mol. The van der Waals surface area contributed by atoms with Gasteiger partial charge in [0.2, 0.25) is 0 Å². The van der Waals surface area contributed by atoms with Crippen LogP contribution >= 0.6 is 0 Å². The summed E-state index contributed by atoms with van der Waals surface area (Å²) < 4.78 is 43.1. The smallest absolute Gasteiger partial charge is 0.406 e. The van der Waals surface area contributed by atoms with Gasteiger partial charge in [-0.2, -0.15) is 5.21 Å². The minimum atomic E-state index is -4.81. The van der Waals surface area contributed by atoms with E-state index in [4.69, 9.17) is 0 Å². The van der Waals surface area contributed by atoms with Gasteiger partial charge >= 0.3 is 12.4 Å². The van der Waals surface area contributed by atoms with Crippen LogP contribution in [0.1, 0.15) is 64.3 Å². The van der Waals surface area contributed by atoms with E-state index in [0.717, 1.165) is 47.1 Å². The van der Waals surface area contributed by atoms with E-state index in [-0.39, 0.29) is 24.3 Å². The van der Waals surface area contributed by atoms with Crippen molar-refractivity contribution in [3.63, 3.8) is 0 Å². The molecule has 1 unspecified atom stereocenters. The maximum absolute atomic E-state index is 14.3. The molecule has 2 aliphatic rings. The molecule has 1 atom stereocenters. The molecule has 254 valence electrons. The number of tetrazole rings is 1. The summed E-state index contributed by atoms with van der Waals surface area (Å²) in [7, 11) is 0. The van der Waals surface area contributed by atoms with Gasteiger partial charge in [0.15, 0.2) is 0 Å². The van der Waals surface area contributed by atoms with Crippen LogP contribution in [0, 0.1) is 0 Å². The number of aromatic amines is 1. The lowest BCUT2D eigenvalue weighted by atomic mass is 9.82. The van der Waals surface area contributed by atoms with Gasteiger partial charge in [-0.25, -0.2) is 4.79 Å². The zero-order valence-corrected chi connectivity index (χ0v) is 26.7. The van der Waals surface area contributed by atoms with E-state index in [2.05, 4.69) is 42.1 Å². The number of nitrogens with one attached hydrogen (secondary N) is 3. The number of ether oxygens (including phenoxy) is 1. The third kappa shape index (κ3) is 7.36. The number of rotatable bonds is 8. The van der Waals surface area contributed by atoms with Crippen LogP contribution in [0.15, 0.2) is 97.1 Å². The monoisotopic (exact) mass is 679 g/mol. The SMILES string of the molecule is O=C(Nc1nn[nH]n1)c1ccc(CN(C(=O)NC2Cc3ccc(OC(F)(F)F)cc3-c3ccccc32)c2ccc(C3=CCCCC3)cc2)cc1. The van der Waals surface area contributed by atoms with E-state index in [1.165, 1.54) is 24.1 Å². The van der Waals surface area contributed by atoms with Crippen LogP contribution in [0.4, 0.5) is 29.6 Å². The summed E-state index contributed by atoms with van der Waals surface area (Å²) in [6.45, 7) is 0.198. The van der Waals surface area contributed by atoms with Gasteiger partial charge in [0.1, 0.15) is 5.75 Å². The summed E-state index contributed by atoms with van der Waals surface area (Å²) in [6.07, 6.45) is 2.24. The average molecular weight is 680 g/mol. The highest BCUT2D eigenvalue weighted by Gasteiger charge is 2.33. The molecule has 13 heteroatoms. The molecule has 0 saturated heterocycles. The molecule has 0 aliphatic heterocycles. The van der Waals surface area contributed by atoms with E-state index in [1.54, 1.807) is 35.2 Å². The largest absolute Gasteiger partial charge is 0.573 e. The molecule has 3 amide bonds. The van der Waals surface area contributed by atoms with Gasteiger partial charge in [-0.15, -0.1) is 18.3 Å². The standard InChI is InChI=1S/C37H32F3N7O3/c38-37(39,40)50-29-19-16-27-20-33(31-9-5-4-8-30(31)32(27)21-29)41-36(49)47(28-17-14-25(15-18-28)24-6-2-1-3-7-24)22-23-10-12-26(13-11-23)34(48)42-35-43-45-46-44-35/h4-6,8-19,21,33H,1-3,7,20,22H2,(H,41,49)(H2,42,43,44,45,46,48). The third-order valence-corrected chi connectivity index (χ3v) is 8.88. The lowest BCUT2D eigenvalue weighted by Crippen LogP contribution is -2.42. The highest BCUT2D eigenvalue weighted by molar-refractivity contribution is 6.03. The summed E-state index contributed by atoms with van der Waals surface area (Å²) in [5.74, 6) is -0.657. The first-order valence-electron chi connectivity index (χ1n) is 16.2. The molecule has 1 aromatic heterocycles. The fourth-order valence-electron chi connectivity index (χ4n) is 6.48. The average Bonchev–Trinajstić information content (AvgIpc) is 3.64. The number of H-pyrrole nitrogens is 1. The Kier molecular flexibility index (Phi) is 9.03. The van der Waals surface area contributed by atoms with Crippen molar-refractivity contribution in [2.24, 2.45) is 0 Å². The molecule has 1 heterocycles. The lowest BCUT2D eigenvalue weighted by Gasteiger charge is -2.32. The Morgan fingerprint density at radius 1 is 0.940 bits per heavy atom. The normalized spacial score (nSPS) is 15.3. The number of nitrogens with zero attached hydrogens (tertiary/aromatic N) is 4. The number of halogens is 3. The fraction of sp³-hybridized carbons (Fsp3) is 0.216. The Morgan fingerprint density at radius 2 is 1.74 bits per heavy atom. The zero-order chi connectivity index (χ0) is 34.7. The molecule has 0 saturated carbocycles. The third-order valence-electron chi connectivity index (χ3n) is 8.88. The molecule has 0 fully saturated rings. The number of aromatic nitrogens is 4. The van der Waals surface area contributed by atoms with Crippen molar-refractivity contribution in [1.82, 2.24) is 25.9 Å². The second-order valence-corrected chi connectivity index (χ2v) is 12.2. The van der Waals surface area contributed by atoms with E-state index in [0.29, 0.717) is 23.2 Å². The number of anilines is 2. The Hall–Kier alpha value is -5.98. The van der Waals surface area contributed by atoms with Crippen molar-refractivity contribution in [3.05, 3.63) is 125 Å². The van der Waals surface area contributed by atoms with Crippen molar-refractivity contribution in [1.29, 1.82) is 0 Å². The topological polar surface area (TPSA) is 125 Å². The minimum Gasteiger partial charge on any atom is -0.406 e. The number of hydrogen-bond donors (Lipinski definition) is 3. The second-order valence-electron chi connectivity index (χ2n) is 12.2. The summed E-state index contributed by atoms with van der Waals surface area (Å²) in [6, 6.07) is 25.6. The van der Waals surface area contributed by atoms with E-state index in [1.807, 2.05) is 48.5 Å². The predicted molar refractivity (Wildman–Crippen MR) is 181 cm³/mol. The van der Waals surface area contributed by atoms with Gasteiger partial charge in [-0.3, -0.25) is 15.0 Å². The number of benzene rings is 4. The van der Waals surface area contributed by atoms with E-state index < -0.39 is 18.3 Å². The number of allylic oxidation sites excluding steroid dienone is 2. The highest BCUT2D eigenvalue weighted by Crippen LogP contribution is 2.41. The van der Waals surface area contributed by atoms with Crippen LogP contribution < -0.4 is 20.3 Å². The molecule has 0 bridgehead atoms. The van der Waals surface area contributed by atoms with Gasteiger partial charge in [0.25, 0.3) is 11.9 Å². The maximum atomic E-state index is 14.3. The van der Waals surface area contributed by atoms with Crippen molar-refractivity contribution in [2.75, 3.05) is 10.2 Å². The number of carbonyl (C=O) groups is 2. The van der Waals surface area contributed by atoms with E-state index >= 15 is 0 Å². The van der Waals surface area contributed by atoms with Crippen molar-refractivity contribution in [2.45, 2.75) is 51.1 Å². The van der Waals surface area contributed by atoms with Gasteiger partial charge in [-0.05, 0) is 113 Å². The highest BCUT2D eigenvalue weighted by atomic mass is 19.4. The number of urea groups is 1. The minimum absolute atomic E-state index is 0.0522. The van der Waals surface area contributed by atoms with Gasteiger partial charge in [0.05, 0.1) is 12.6 Å². The molecule has 7 rings (SSSR count). The van der Waals surface area contributed by atoms with Crippen LogP contribution in [0.3, 0.4) is 0 Å². The number of hydrogen-bond acceptors (Lipinski definition) is 6. The van der Waals surface area contributed by atoms with Crippen LogP contribution in [0.5, 0.6) is 5.75 Å². The summed E-state index contributed by atoms with van der Waals surface area (Å²) in [5, 5.41) is 18.9. The molecular formula is C37H32F3N7O3. The van der Waals surface area contributed by atoms with Crippen LogP contribution in [0.2, 0.25) is 0 Å². The molecule has 2 aliphatic carbocycles. The Labute approximate surface area is 285 Å². The van der Waals surface area contributed by atoms with Crippen LogP contribution in [-0.4, -0.2) is 38.9 Å². The van der Waals surface area contributed by atoms with Crippen molar-refractivity contribution < 1.29 is 27.5 Å². The molecule has 4 aromatic carbocycles. The summed E-state index contributed by atoms with van der Waals surface area (Å²) in [5.41, 5.74) is 7.18. The zero-order valence-electron chi connectivity index (χ0n) is 26.7. The first-order chi connectivity index (χ1) is 24.2. The maximum Gasteiger partial charge on any atom is 0.573 e. The first-order valence-corrected chi connectivity index (χ1v) is 16.2. The Morgan fingerprint density at radius 3 is 2.46 bits per heavy atom. The lowest BCUT2D eigenvalue weighted by molar-refractivity contribution is -0.274. The first kappa shape index (κ1) is 32.6. The quantitative estimate of drug-likeness (QED) is 0.153. The molecule has 3 N–H and O–H groups in total.